The number of aryl methyl sites for hydroxylation is 1. The third-order valence-corrected chi connectivity index (χ3v) is 5.07. The summed E-state index contributed by atoms with van der Waals surface area (Å²) in [5, 5.41) is 26.4. The number of rotatable bonds is 5. The van der Waals surface area contributed by atoms with Crippen LogP contribution >= 0.6 is 11.6 Å². The minimum Gasteiger partial charge on any atom is -0.324 e. The fourth-order valence-corrected chi connectivity index (χ4v) is 3.54. The molecule has 0 unspecified atom stereocenters. The van der Waals surface area contributed by atoms with Gasteiger partial charge < -0.3 is 9.88 Å². The first kappa shape index (κ1) is 19.1. The van der Waals surface area contributed by atoms with Gasteiger partial charge in [-0.1, -0.05) is 18.0 Å². The first-order valence-electron chi connectivity index (χ1n) is 9.20. The maximum Gasteiger partial charge on any atom is 0.307 e. The van der Waals surface area contributed by atoms with Crippen LogP contribution < -0.4 is 5.32 Å². The summed E-state index contributed by atoms with van der Waals surface area (Å²) in [6.45, 7) is 0.689. The first-order valence-corrected chi connectivity index (χ1v) is 9.58. The lowest BCUT2D eigenvalue weighted by Gasteiger charge is -2.11. The van der Waals surface area contributed by atoms with Crippen LogP contribution in [-0.4, -0.2) is 35.4 Å². The lowest BCUT2D eigenvalue weighted by molar-refractivity contribution is -0.385. The Balaban J connectivity index is 1.53. The standard InChI is InChI=1S/C18H18ClN7O3/c19-15-6-5-12(21-17(27)11-24-10-13(9-20-24)26(28)29)8-14(15)18-23-22-16-4-2-1-3-7-25(16)18/h5-6,8-10H,1-4,7,11H2,(H,21,27). The molecule has 10 nitrogen and oxygen atoms in total. The Bertz CT molecular complexity index is 1080. The highest BCUT2D eigenvalue weighted by Gasteiger charge is 2.19. The van der Waals surface area contributed by atoms with E-state index in [-0.39, 0.29) is 18.1 Å². The zero-order chi connectivity index (χ0) is 20.4. The van der Waals surface area contributed by atoms with E-state index < -0.39 is 4.92 Å². The zero-order valence-electron chi connectivity index (χ0n) is 15.4. The third-order valence-electron chi connectivity index (χ3n) is 4.74. The topological polar surface area (TPSA) is 121 Å². The number of benzene rings is 1. The Morgan fingerprint density at radius 3 is 2.93 bits per heavy atom. The van der Waals surface area contributed by atoms with Crippen molar-refractivity contribution in [3.05, 3.63) is 51.6 Å². The maximum absolute atomic E-state index is 12.3. The molecule has 0 atom stereocenters. The molecule has 1 aromatic carbocycles. The second kappa shape index (κ2) is 8.00. The van der Waals surface area contributed by atoms with Crippen molar-refractivity contribution < 1.29 is 9.72 Å². The van der Waals surface area contributed by atoms with Gasteiger partial charge in [-0.2, -0.15) is 5.10 Å². The fraction of sp³-hybridized carbons (Fsp3) is 0.333. The van der Waals surface area contributed by atoms with Crippen LogP contribution in [0, 0.1) is 10.1 Å². The highest BCUT2D eigenvalue weighted by atomic mass is 35.5. The van der Waals surface area contributed by atoms with Crippen molar-refractivity contribution in [2.75, 3.05) is 5.32 Å². The number of hydrogen-bond acceptors (Lipinski definition) is 6. The van der Waals surface area contributed by atoms with Crippen molar-refractivity contribution in [3.8, 4) is 11.4 Å². The van der Waals surface area contributed by atoms with Crippen LogP contribution in [0.2, 0.25) is 5.02 Å². The Kier molecular flexibility index (Phi) is 5.26. The van der Waals surface area contributed by atoms with E-state index in [4.69, 9.17) is 11.6 Å². The van der Waals surface area contributed by atoms with E-state index in [0.717, 1.165) is 44.2 Å². The second-order valence-corrected chi connectivity index (χ2v) is 7.21. The molecule has 0 fully saturated rings. The quantitative estimate of drug-likeness (QED) is 0.505. The summed E-state index contributed by atoms with van der Waals surface area (Å²) >= 11 is 6.40. The van der Waals surface area contributed by atoms with E-state index in [9.17, 15) is 14.9 Å². The molecular formula is C18H18ClN7O3. The number of nitrogens with zero attached hydrogens (tertiary/aromatic N) is 6. The highest BCUT2D eigenvalue weighted by Crippen LogP contribution is 2.31. The van der Waals surface area contributed by atoms with Crippen molar-refractivity contribution in [2.45, 2.75) is 38.8 Å². The summed E-state index contributed by atoms with van der Waals surface area (Å²) in [5.74, 6) is 1.27. The summed E-state index contributed by atoms with van der Waals surface area (Å²) in [5.41, 5.74) is 1.07. The van der Waals surface area contributed by atoms with Gasteiger partial charge in [0.05, 0.1) is 9.95 Å². The Hall–Kier alpha value is -3.27. The minimum absolute atomic E-state index is 0.147. The number of aromatic nitrogens is 5. The van der Waals surface area contributed by atoms with Crippen LogP contribution in [0.3, 0.4) is 0 Å². The Morgan fingerprint density at radius 2 is 2.14 bits per heavy atom. The number of nitro groups is 1. The largest absolute Gasteiger partial charge is 0.324 e. The molecule has 1 N–H and O–H groups in total. The monoisotopic (exact) mass is 415 g/mol. The molecule has 3 aromatic rings. The summed E-state index contributed by atoms with van der Waals surface area (Å²) < 4.78 is 3.30. The van der Waals surface area contributed by atoms with Gasteiger partial charge in [0.15, 0.2) is 5.82 Å². The van der Waals surface area contributed by atoms with Crippen molar-refractivity contribution in [3.63, 3.8) is 0 Å². The Morgan fingerprint density at radius 1 is 1.28 bits per heavy atom. The van der Waals surface area contributed by atoms with Gasteiger partial charge in [-0.3, -0.25) is 19.6 Å². The van der Waals surface area contributed by atoms with Crippen LogP contribution in [0.4, 0.5) is 11.4 Å². The van der Waals surface area contributed by atoms with Gasteiger partial charge in [-0.05, 0) is 31.0 Å². The SMILES string of the molecule is O=C(Cn1cc([N+](=O)[O-])cn1)Nc1ccc(Cl)c(-c2nnc3n2CCCCC3)c1. The van der Waals surface area contributed by atoms with Crippen LogP contribution in [-0.2, 0) is 24.3 Å². The number of carbonyl (C=O) groups excluding carboxylic acids is 1. The van der Waals surface area contributed by atoms with Crippen molar-refractivity contribution in [1.29, 1.82) is 0 Å². The van der Waals surface area contributed by atoms with Crippen molar-refractivity contribution in [2.24, 2.45) is 0 Å². The van der Waals surface area contributed by atoms with E-state index in [2.05, 4.69) is 25.2 Å². The van der Waals surface area contributed by atoms with Gasteiger partial charge in [0.1, 0.15) is 24.8 Å². The maximum atomic E-state index is 12.3. The van der Waals surface area contributed by atoms with Crippen LogP contribution in [0.1, 0.15) is 25.1 Å². The zero-order valence-corrected chi connectivity index (χ0v) is 16.2. The predicted molar refractivity (Wildman–Crippen MR) is 106 cm³/mol. The van der Waals surface area contributed by atoms with E-state index >= 15 is 0 Å². The number of amides is 1. The molecule has 1 aliphatic heterocycles. The lowest BCUT2D eigenvalue weighted by Crippen LogP contribution is -2.19. The molecule has 29 heavy (non-hydrogen) atoms. The number of carbonyl (C=O) groups is 1. The van der Waals surface area contributed by atoms with Crippen molar-refractivity contribution in [1.82, 2.24) is 24.5 Å². The van der Waals surface area contributed by atoms with Crippen LogP contribution in [0.5, 0.6) is 0 Å². The summed E-state index contributed by atoms with van der Waals surface area (Å²) in [7, 11) is 0. The van der Waals surface area contributed by atoms with Crippen LogP contribution in [0.25, 0.3) is 11.4 Å². The molecule has 2 aromatic heterocycles. The summed E-state index contributed by atoms with van der Waals surface area (Å²) in [6.07, 6.45) is 6.49. The van der Waals surface area contributed by atoms with Gasteiger partial charge in [-0.15, -0.1) is 10.2 Å². The molecule has 0 saturated carbocycles. The van der Waals surface area contributed by atoms with E-state index in [1.807, 2.05) is 0 Å². The van der Waals surface area contributed by atoms with E-state index in [0.29, 0.717) is 22.1 Å². The average molecular weight is 416 g/mol. The van der Waals surface area contributed by atoms with Gasteiger partial charge in [0.25, 0.3) is 0 Å². The van der Waals surface area contributed by atoms with Crippen LogP contribution in [0.15, 0.2) is 30.6 Å². The third kappa shape index (κ3) is 4.11. The molecule has 0 aliphatic carbocycles. The van der Waals surface area contributed by atoms with Gasteiger partial charge in [-0.25, -0.2) is 0 Å². The summed E-state index contributed by atoms with van der Waals surface area (Å²) in [6, 6.07) is 5.15. The molecule has 1 aliphatic rings. The first-order chi connectivity index (χ1) is 14.0. The molecule has 0 spiro atoms. The van der Waals surface area contributed by atoms with Gasteiger partial charge in [0.2, 0.25) is 5.91 Å². The number of halogens is 1. The second-order valence-electron chi connectivity index (χ2n) is 6.80. The summed E-state index contributed by atoms with van der Waals surface area (Å²) in [4.78, 5) is 22.5. The highest BCUT2D eigenvalue weighted by molar-refractivity contribution is 6.33. The molecule has 0 saturated heterocycles. The molecule has 3 heterocycles. The van der Waals surface area contributed by atoms with Gasteiger partial charge >= 0.3 is 5.69 Å². The minimum atomic E-state index is -0.561. The molecule has 1 amide bonds. The fourth-order valence-electron chi connectivity index (χ4n) is 3.34. The molecular weight excluding hydrogens is 398 g/mol. The number of nitrogens with one attached hydrogen (secondary N) is 1. The smallest absolute Gasteiger partial charge is 0.307 e. The van der Waals surface area contributed by atoms with Crippen molar-refractivity contribution >= 4 is 28.9 Å². The van der Waals surface area contributed by atoms with E-state index in [1.54, 1.807) is 18.2 Å². The molecule has 150 valence electrons. The predicted octanol–water partition coefficient (Wildman–Crippen LogP) is 3.07. The Labute approximate surface area is 170 Å². The molecule has 0 radical (unpaired) electrons. The number of anilines is 1. The van der Waals surface area contributed by atoms with Gasteiger partial charge in [0, 0.05) is 24.2 Å². The average Bonchev–Trinajstić information content (AvgIpc) is 3.24. The molecule has 0 bridgehead atoms. The normalized spacial score (nSPS) is 13.6. The molecule has 4 rings (SSSR count). The lowest BCUT2D eigenvalue weighted by atomic mass is 10.1. The molecule has 11 heteroatoms. The van der Waals surface area contributed by atoms with E-state index in [1.165, 1.54) is 10.9 Å². The number of hydrogen-bond donors (Lipinski definition) is 1. The number of fused-ring (bicyclic) bond motifs is 1.